The molecular formula is C16H21FN2O2. The molecule has 1 aromatic carbocycles. The van der Waals surface area contributed by atoms with Crippen LogP contribution in [-0.4, -0.2) is 35.8 Å². The van der Waals surface area contributed by atoms with Crippen LogP contribution in [0.25, 0.3) is 0 Å². The molecule has 2 atom stereocenters. The standard InChI is InChI=1S/C16H21FN2O2/c1-10(2)18-16(21)15-9-19(11(3)20)8-14(15)12-4-6-13(17)7-5-12/h4-7,10,14-15H,8-9H2,1-3H3,(H,18,21). The zero-order chi connectivity index (χ0) is 15.6. The predicted molar refractivity (Wildman–Crippen MR) is 78.2 cm³/mol. The van der Waals surface area contributed by atoms with Crippen LogP contribution in [0, 0.1) is 11.7 Å². The van der Waals surface area contributed by atoms with Crippen molar-refractivity contribution in [3.8, 4) is 0 Å². The Kier molecular flexibility index (Phi) is 4.60. The van der Waals surface area contributed by atoms with Gasteiger partial charge in [0.25, 0.3) is 0 Å². The Bertz CT molecular complexity index is 528. The summed E-state index contributed by atoms with van der Waals surface area (Å²) in [6, 6.07) is 6.23. The summed E-state index contributed by atoms with van der Waals surface area (Å²) in [6.45, 7) is 6.22. The maximum Gasteiger partial charge on any atom is 0.225 e. The first-order valence-electron chi connectivity index (χ1n) is 7.20. The third-order valence-corrected chi connectivity index (χ3v) is 3.83. The number of nitrogens with one attached hydrogen (secondary N) is 1. The van der Waals surface area contributed by atoms with E-state index >= 15 is 0 Å². The van der Waals surface area contributed by atoms with Gasteiger partial charge in [-0.1, -0.05) is 12.1 Å². The molecular weight excluding hydrogens is 271 g/mol. The second-order valence-corrected chi connectivity index (χ2v) is 5.85. The lowest BCUT2D eigenvalue weighted by Gasteiger charge is -2.19. The van der Waals surface area contributed by atoms with E-state index in [1.54, 1.807) is 17.0 Å². The fourth-order valence-electron chi connectivity index (χ4n) is 2.77. The van der Waals surface area contributed by atoms with Crippen LogP contribution in [-0.2, 0) is 9.59 Å². The lowest BCUT2D eigenvalue weighted by molar-refractivity contribution is -0.128. The molecule has 1 saturated heterocycles. The Balaban J connectivity index is 2.24. The molecule has 2 unspecified atom stereocenters. The molecule has 21 heavy (non-hydrogen) atoms. The number of hydrogen-bond acceptors (Lipinski definition) is 2. The number of likely N-dealkylation sites (tertiary alicyclic amines) is 1. The van der Waals surface area contributed by atoms with Crippen LogP contribution in [0.15, 0.2) is 24.3 Å². The molecule has 114 valence electrons. The monoisotopic (exact) mass is 292 g/mol. The van der Waals surface area contributed by atoms with Gasteiger partial charge in [0.15, 0.2) is 0 Å². The van der Waals surface area contributed by atoms with Crippen molar-refractivity contribution >= 4 is 11.8 Å². The van der Waals surface area contributed by atoms with Gasteiger partial charge in [0.1, 0.15) is 5.82 Å². The average Bonchev–Trinajstić information content (AvgIpc) is 2.84. The number of halogens is 1. The number of amides is 2. The van der Waals surface area contributed by atoms with Crippen LogP contribution < -0.4 is 5.32 Å². The first kappa shape index (κ1) is 15.5. The lowest BCUT2D eigenvalue weighted by Crippen LogP contribution is -2.38. The van der Waals surface area contributed by atoms with Gasteiger partial charge in [-0.3, -0.25) is 9.59 Å². The van der Waals surface area contributed by atoms with Crippen LogP contribution in [0.1, 0.15) is 32.3 Å². The Hall–Kier alpha value is -1.91. The number of rotatable bonds is 3. The maximum atomic E-state index is 13.1. The zero-order valence-electron chi connectivity index (χ0n) is 12.6. The van der Waals surface area contributed by atoms with E-state index in [9.17, 15) is 14.0 Å². The molecule has 1 aliphatic heterocycles. The molecule has 1 aromatic rings. The van der Waals surface area contributed by atoms with Crippen molar-refractivity contribution in [2.24, 2.45) is 5.92 Å². The molecule has 0 saturated carbocycles. The number of benzene rings is 1. The number of hydrogen-bond donors (Lipinski definition) is 1. The summed E-state index contributed by atoms with van der Waals surface area (Å²) < 4.78 is 13.1. The van der Waals surface area contributed by atoms with Crippen molar-refractivity contribution in [3.05, 3.63) is 35.6 Å². The minimum Gasteiger partial charge on any atom is -0.354 e. The summed E-state index contributed by atoms with van der Waals surface area (Å²) in [5.74, 6) is -0.775. The van der Waals surface area contributed by atoms with Crippen molar-refractivity contribution in [1.82, 2.24) is 10.2 Å². The normalized spacial score (nSPS) is 21.7. The topological polar surface area (TPSA) is 49.4 Å². The highest BCUT2D eigenvalue weighted by Crippen LogP contribution is 2.33. The molecule has 4 nitrogen and oxygen atoms in total. The van der Waals surface area contributed by atoms with Gasteiger partial charge < -0.3 is 10.2 Å². The van der Waals surface area contributed by atoms with Crippen LogP contribution in [0.3, 0.4) is 0 Å². The van der Waals surface area contributed by atoms with Gasteiger partial charge in [-0.05, 0) is 31.5 Å². The molecule has 2 amide bonds. The highest BCUT2D eigenvalue weighted by atomic mass is 19.1. The third-order valence-electron chi connectivity index (χ3n) is 3.83. The number of carbonyl (C=O) groups excluding carboxylic acids is 2. The highest BCUT2D eigenvalue weighted by molar-refractivity contribution is 5.82. The van der Waals surface area contributed by atoms with Crippen molar-refractivity contribution in [1.29, 1.82) is 0 Å². The van der Waals surface area contributed by atoms with Crippen LogP contribution in [0.5, 0.6) is 0 Å². The average molecular weight is 292 g/mol. The fraction of sp³-hybridized carbons (Fsp3) is 0.500. The van der Waals surface area contributed by atoms with Gasteiger partial charge in [0.05, 0.1) is 5.92 Å². The van der Waals surface area contributed by atoms with Crippen LogP contribution in [0.4, 0.5) is 4.39 Å². The van der Waals surface area contributed by atoms with E-state index in [2.05, 4.69) is 5.32 Å². The fourth-order valence-corrected chi connectivity index (χ4v) is 2.77. The van der Waals surface area contributed by atoms with E-state index in [1.165, 1.54) is 19.1 Å². The van der Waals surface area contributed by atoms with Crippen LogP contribution in [0.2, 0.25) is 0 Å². The second-order valence-electron chi connectivity index (χ2n) is 5.85. The summed E-state index contributed by atoms with van der Waals surface area (Å²) in [4.78, 5) is 25.6. The highest BCUT2D eigenvalue weighted by Gasteiger charge is 2.39. The summed E-state index contributed by atoms with van der Waals surface area (Å²) in [7, 11) is 0. The summed E-state index contributed by atoms with van der Waals surface area (Å²) in [5.41, 5.74) is 0.893. The Labute approximate surface area is 124 Å². The molecule has 0 radical (unpaired) electrons. The Morgan fingerprint density at radius 1 is 1.24 bits per heavy atom. The lowest BCUT2D eigenvalue weighted by atomic mass is 9.88. The van der Waals surface area contributed by atoms with E-state index in [4.69, 9.17) is 0 Å². The largest absolute Gasteiger partial charge is 0.354 e. The van der Waals surface area contributed by atoms with E-state index in [-0.39, 0.29) is 35.5 Å². The van der Waals surface area contributed by atoms with Gasteiger partial charge in [0.2, 0.25) is 11.8 Å². The SMILES string of the molecule is CC(=O)N1CC(C(=O)NC(C)C)C(c2ccc(F)cc2)C1. The van der Waals surface area contributed by atoms with Crippen molar-refractivity contribution in [2.75, 3.05) is 13.1 Å². The third kappa shape index (κ3) is 3.60. The number of nitrogens with zero attached hydrogens (tertiary/aromatic N) is 1. The predicted octanol–water partition coefficient (Wildman–Crippen LogP) is 1.91. The second kappa shape index (κ2) is 6.24. The zero-order valence-corrected chi connectivity index (χ0v) is 12.6. The molecule has 1 fully saturated rings. The number of carbonyl (C=O) groups is 2. The Morgan fingerprint density at radius 3 is 2.38 bits per heavy atom. The minimum absolute atomic E-state index is 0.0399. The van der Waals surface area contributed by atoms with Crippen LogP contribution >= 0.6 is 0 Å². The van der Waals surface area contributed by atoms with Gasteiger partial charge in [0, 0.05) is 32.0 Å². The van der Waals surface area contributed by atoms with Gasteiger partial charge in [-0.15, -0.1) is 0 Å². The molecule has 5 heteroatoms. The van der Waals surface area contributed by atoms with Crippen molar-refractivity contribution in [3.63, 3.8) is 0 Å². The molecule has 1 heterocycles. The maximum absolute atomic E-state index is 13.1. The Morgan fingerprint density at radius 2 is 1.86 bits per heavy atom. The van der Waals surface area contributed by atoms with E-state index < -0.39 is 0 Å². The first-order chi connectivity index (χ1) is 9.88. The first-order valence-corrected chi connectivity index (χ1v) is 7.20. The summed E-state index contributed by atoms with van der Waals surface area (Å²) in [5, 5.41) is 2.90. The van der Waals surface area contributed by atoms with E-state index in [0.717, 1.165) is 5.56 Å². The van der Waals surface area contributed by atoms with Crippen molar-refractivity contribution < 1.29 is 14.0 Å². The summed E-state index contributed by atoms with van der Waals surface area (Å²) in [6.07, 6.45) is 0. The molecule has 0 bridgehead atoms. The molecule has 0 aliphatic carbocycles. The summed E-state index contributed by atoms with van der Waals surface area (Å²) >= 11 is 0. The quantitative estimate of drug-likeness (QED) is 0.925. The van der Waals surface area contributed by atoms with Crippen molar-refractivity contribution in [2.45, 2.75) is 32.7 Å². The van der Waals surface area contributed by atoms with Gasteiger partial charge in [-0.25, -0.2) is 4.39 Å². The molecule has 1 N–H and O–H groups in total. The molecule has 0 spiro atoms. The smallest absolute Gasteiger partial charge is 0.225 e. The molecule has 2 rings (SSSR count). The molecule has 0 aromatic heterocycles. The minimum atomic E-state index is -0.302. The van der Waals surface area contributed by atoms with Gasteiger partial charge in [-0.2, -0.15) is 0 Å². The molecule has 1 aliphatic rings. The van der Waals surface area contributed by atoms with E-state index in [1.807, 2.05) is 13.8 Å². The van der Waals surface area contributed by atoms with E-state index in [0.29, 0.717) is 13.1 Å². The van der Waals surface area contributed by atoms with Gasteiger partial charge >= 0.3 is 0 Å².